The van der Waals surface area contributed by atoms with E-state index in [-0.39, 0.29) is 22.8 Å². The van der Waals surface area contributed by atoms with Crippen molar-refractivity contribution in [3.63, 3.8) is 0 Å². The minimum atomic E-state index is -4.45. The fourth-order valence-corrected chi connectivity index (χ4v) is 5.42. The summed E-state index contributed by atoms with van der Waals surface area (Å²) in [6, 6.07) is 30.4. The molecule has 1 atom stereocenters. The maximum absolute atomic E-state index is 13.6. The van der Waals surface area contributed by atoms with Gasteiger partial charge >= 0.3 is 6.18 Å². The third kappa shape index (κ3) is 7.68. The molecule has 4 nitrogen and oxygen atoms in total. The van der Waals surface area contributed by atoms with Crippen molar-refractivity contribution in [3.05, 3.63) is 137 Å². The average molecular weight is 630 g/mol. The standard InChI is InChI=1S/C37H35F3N2O2S/c1-36(2,3)29-18-16-26(17-19-29)31(22-24-8-10-28(11-9-24)35(43)41-20-21-45)33-23-34(44-42-33)27-14-12-25(13-15-27)30-6-4-5-7-32(30)37(38,39)40/h4-19,23,31,45H,20-22H2,1-3H3,(H,41,43)/p+1. The molecule has 5 rings (SSSR count). The molecular formula is C37H36F3N2O2S+. The van der Waals surface area contributed by atoms with Crippen LogP contribution in [0.1, 0.15) is 65.0 Å². The summed E-state index contributed by atoms with van der Waals surface area (Å²) < 4.78 is 46.6. The van der Waals surface area contributed by atoms with Gasteiger partial charge in [0.25, 0.3) is 5.91 Å². The minimum absolute atomic E-state index is 0.00692. The van der Waals surface area contributed by atoms with Gasteiger partial charge < -0.3 is 9.84 Å². The molecule has 5 aromatic rings. The number of carbonyl (C=O) groups excluding carboxylic acids is 1. The Morgan fingerprint density at radius 2 is 1.51 bits per heavy atom. The molecule has 0 fully saturated rings. The summed E-state index contributed by atoms with van der Waals surface area (Å²) in [5.74, 6) is 0.941. The van der Waals surface area contributed by atoms with Crippen LogP contribution < -0.4 is 5.32 Å². The number of carbonyl (C=O) groups is 1. The van der Waals surface area contributed by atoms with Gasteiger partial charge in [0.05, 0.1) is 17.8 Å². The van der Waals surface area contributed by atoms with Crippen LogP contribution in [-0.2, 0) is 30.6 Å². The predicted octanol–water partition coefficient (Wildman–Crippen LogP) is 8.44. The van der Waals surface area contributed by atoms with E-state index in [0.717, 1.165) is 22.9 Å². The van der Waals surface area contributed by atoms with Crippen molar-refractivity contribution in [3.8, 4) is 22.5 Å². The lowest BCUT2D eigenvalue weighted by molar-refractivity contribution is -0.137. The van der Waals surface area contributed by atoms with E-state index in [1.165, 1.54) is 17.7 Å². The van der Waals surface area contributed by atoms with Crippen LogP contribution in [0.2, 0.25) is 0 Å². The maximum atomic E-state index is 13.6. The number of nitrogens with zero attached hydrogens (tertiary/aromatic N) is 1. The van der Waals surface area contributed by atoms with Gasteiger partial charge in [-0.15, -0.1) is 0 Å². The van der Waals surface area contributed by atoms with E-state index in [1.54, 1.807) is 30.3 Å². The van der Waals surface area contributed by atoms with Gasteiger partial charge in [-0.2, -0.15) is 13.2 Å². The molecule has 0 aliphatic carbocycles. The highest BCUT2D eigenvalue weighted by molar-refractivity contribution is 7.58. The molecule has 0 aliphatic rings. The summed E-state index contributed by atoms with van der Waals surface area (Å²) in [7, 11) is 0. The van der Waals surface area contributed by atoms with Gasteiger partial charge in [0.2, 0.25) is 0 Å². The van der Waals surface area contributed by atoms with E-state index in [1.807, 2.05) is 30.3 Å². The van der Waals surface area contributed by atoms with Gasteiger partial charge in [0.1, 0.15) is 5.75 Å². The Hall–Kier alpha value is -4.30. The van der Waals surface area contributed by atoms with E-state index in [0.29, 0.717) is 41.2 Å². The van der Waals surface area contributed by atoms with Crippen molar-refractivity contribution >= 4 is 18.5 Å². The third-order valence-corrected chi connectivity index (χ3v) is 8.09. The zero-order chi connectivity index (χ0) is 32.2. The second-order valence-corrected chi connectivity index (χ2v) is 12.6. The number of benzene rings is 4. The van der Waals surface area contributed by atoms with Gasteiger partial charge in [-0.25, -0.2) is 0 Å². The first-order valence-corrected chi connectivity index (χ1v) is 15.5. The molecule has 45 heavy (non-hydrogen) atoms. The summed E-state index contributed by atoms with van der Waals surface area (Å²) in [5, 5.41) is 7.31. The van der Waals surface area contributed by atoms with Crippen LogP contribution in [0.3, 0.4) is 0 Å². The Bertz CT molecular complexity index is 1740. The van der Waals surface area contributed by atoms with Gasteiger partial charge in [-0.1, -0.05) is 105 Å². The van der Waals surface area contributed by atoms with Crippen molar-refractivity contribution < 1.29 is 22.5 Å². The number of amides is 1. The lowest BCUT2D eigenvalue weighted by atomic mass is 9.83. The second-order valence-electron chi connectivity index (χ2n) is 12.1. The largest absolute Gasteiger partial charge is 0.417 e. The number of halogens is 3. The van der Waals surface area contributed by atoms with Crippen LogP contribution >= 0.6 is 0 Å². The van der Waals surface area contributed by atoms with Gasteiger partial charge in [-0.05, 0) is 70.5 Å². The monoisotopic (exact) mass is 629 g/mol. The van der Waals surface area contributed by atoms with Crippen LogP contribution in [0.4, 0.5) is 13.2 Å². The number of hydrogen-bond donors (Lipinski definition) is 1. The Morgan fingerprint density at radius 3 is 2.13 bits per heavy atom. The summed E-state index contributed by atoms with van der Waals surface area (Å²) in [5.41, 5.74) is 5.29. The summed E-state index contributed by atoms with van der Waals surface area (Å²) in [6.07, 6.45) is -3.83. The first-order chi connectivity index (χ1) is 21.4. The quantitative estimate of drug-likeness (QED) is 0.167. The Labute approximate surface area is 267 Å². The Morgan fingerprint density at radius 1 is 0.867 bits per heavy atom. The van der Waals surface area contributed by atoms with Crippen LogP contribution in [0, 0.1) is 0 Å². The first-order valence-electron chi connectivity index (χ1n) is 14.8. The van der Waals surface area contributed by atoms with Crippen LogP contribution in [0.15, 0.2) is 108 Å². The summed E-state index contributed by atoms with van der Waals surface area (Å²) >= 11 is 3.37. The van der Waals surface area contributed by atoms with E-state index in [9.17, 15) is 18.0 Å². The second kappa shape index (κ2) is 13.4. The normalized spacial score (nSPS) is 12.6. The molecule has 1 amide bonds. The predicted molar refractivity (Wildman–Crippen MR) is 177 cm³/mol. The number of hydrogen-bond acceptors (Lipinski definition) is 3. The van der Waals surface area contributed by atoms with Crippen LogP contribution in [-0.4, -0.2) is 23.4 Å². The molecule has 0 spiro atoms. The highest BCUT2D eigenvalue weighted by Crippen LogP contribution is 2.38. The average Bonchev–Trinajstić information content (AvgIpc) is 3.52. The van der Waals surface area contributed by atoms with Gasteiger partial charge in [0, 0.05) is 23.1 Å². The van der Waals surface area contributed by atoms with Crippen LogP contribution in [0.25, 0.3) is 22.5 Å². The van der Waals surface area contributed by atoms with Crippen molar-refractivity contribution in [2.24, 2.45) is 0 Å². The maximum Gasteiger partial charge on any atom is 0.417 e. The summed E-state index contributed by atoms with van der Waals surface area (Å²) in [6.45, 7) is 7.06. The summed E-state index contributed by atoms with van der Waals surface area (Å²) in [4.78, 5) is 12.4. The lowest BCUT2D eigenvalue weighted by Gasteiger charge is -2.21. The number of aromatic nitrogens is 1. The lowest BCUT2D eigenvalue weighted by Crippen LogP contribution is -2.25. The van der Waals surface area contributed by atoms with Gasteiger partial charge in [0.15, 0.2) is 5.76 Å². The fourth-order valence-electron chi connectivity index (χ4n) is 5.30. The zero-order valence-corrected chi connectivity index (χ0v) is 26.4. The Kier molecular flexibility index (Phi) is 9.53. The third-order valence-electron chi connectivity index (χ3n) is 7.84. The highest BCUT2D eigenvalue weighted by Gasteiger charge is 2.33. The van der Waals surface area contributed by atoms with Crippen molar-refractivity contribution in [1.29, 1.82) is 0 Å². The zero-order valence-electron chi connectivity index (χ0n) is 25.4. The molecule has 1 unspecified atom stereocenters. The smallest absolute Gasteiger partial charge is 0.356 e. The van der Waals surface area contributed by atoms with Gasteiger partial charge in [-0.3, -0.25) is 4.79 Å². The molecule has 232 valence electrons. The molecule has 0 aliphatic heterocycles. The van der Waals surface area contributed by atoms with Crippen LogP contribution in [0.5, 0.6) is 0 Å². The van der Waals surface area contributed by atoms with Crippen molar-refractivity contribution in [1.82, 2.24) is 10.5 Å². The molecule has 0 bridgehead atoms. The SMILES string of the molecule is CC(C)(C)c1ccc(C(Cc2ccc(C(=O)NCC[SH2+])cc2)c2cc(-c3ccc(-c4ccccc4C(F)(F)F)cc3)on2)cc1. The van der Waals surface area contributed by atoms with E-state index >= 15 is 0 Å². The molecular weight excluding hydrogens is 593 g/mol. The van der Waals surface area contributed by atoms with Crippen molar-refractivity contribution in [2.75, 3.05) is 12.3 Å². The molecule has 4 aromatic carbocycles. The fraction of sp³-hybridized carbons (Fsp3) is 0.243. The molecule has 0 saturated carbocycles. The first kappa shape index (κ1) is 32.1. The van der Waals surface area contributed by atoms with E-state index < -0.39 is 11.7 Å². The molecule has 1 aromatic heterocycles. The van der Waals surface area contributed by atoms with E-state index in [2.05, 4.69) is 68.1 Å². The number of alkyl halides is 3. The number of rotatable bonds is 9. The minimum Gasteiger partial charge on any atom is -0.356 e. The molecule has 1 heterocycles. The molecule has 0 radical (unpaired) electrons. The molecule has 0 saturated heterocycles. The Balaban J connectivity index is 1.44. The topological polar surface area (TPSA) is 55.1 Å². The highest BCUT2D eigenvalue weighted by atomic mass is 32.1. The van der Waals surface area contributed by atoms with E-state index in [4.69, 9.17) is 4.52 Å². The molecule has 1 N–H and O–H groups in total. The molecule has 8 heteroatoms. The van der Waals surface area contributed by atoms with Crippen molar-refractivity contribution in [2.45, 2.75) is 44.7 Å². The number of nitrogens with one attached hydrogen (secondary N) is 1.